The third kappa shape index (κ3) is 4.30. The van der Waals surface area contributed by atoms with Crippen molar-refractivity contribution in [3.05, 3.63) is 24.3 Å². The fourth-order valence-electron chi connectivity index (χ4n) is 2.34. The lowest BCUT2D eigenvalue weighted by Crippen LogP contribution is -2.48. The molecule has 8 heteroatoms. The Morgan fingerprint density at radius 3 is 2.67 bits per heavy atom. The molecule has 24 heavy (non-hydrogen) atoms. The summed E-state index contributed by atoms with van der Waals surface area (Å²) in [4.78, 5) is 37.1. The molecule has 1 saturated heterocycles. The van der Waals surface area contributed by atoms with E-state index in [0.717, 1.165) is 4.90 Å². The molecule has 0 aliphatic carbocycles. The molecule has 1 aliphatic rings. The lowest BCUT2D eigenvalue weighted by Gasteiger charge is -2.16. The van der Waals surface area contributed by atoms with Crippen LogP contribution in [0, 0.1) is 0 Å². The number of benzene rings is 1. The van der Waals surface area contributed by atoms with Gasteiger partial charge in [0.05, 0.1) is 18.7 Å². The fourth-order valence-corrected chi connectivity index (χ4v) is 2.34. The van der Waals surface area contributed by atoms with Gasteiger partial charge in [0, 0.05) is 13.0 Å². The van der Waals surface area contributed by atoms with Gasteiger partial charge in [-0.25, -0.2) is 10.3 Å². The number of nitrogens with one attached hydrogen (secondary N) is 2. The largest absolute Gasteiger partial charge is 0.494 e. The molecule has 0 radical (unpaired) electrons. The van der Waals surface area contributed by atoms with Gasteiger partial charge in [-0.2, -0.15) is 0 Å². The molecule has 1 aromatic rings. The number of ether oxygens (including phenoxy) is 1. The summed E-state index contributed by atoms with van der Waals surface area (Å²) in [6.07, 6.45) is 0.441. The maximum atomic E-state index is 12.4. The molecule has 0 bridgehead atoms. The highest BCUT2D eigenvalue weighted by Crippen LogP contribution is 2.25. The number of hydrazine groups is 1. The van der Waals surface area contributed by atoms with Gasteiger partial charge in [0.2, 0.25) is 11.8 Å². The first-order chi connectivity index (χ1) is 11.6. The van der Waals surface area contributed by atoms with Crippen LogP contribution in [0.3, 0.4) is 0 Å². The zero-order valence-corrected chi connectivity index (χ0v) is 13.4. The Bertz CT molecular complexity index is 602. The summed E-state index contributed by atoms with van der Waals surface area (Å²) >= 11 is 0. The first kappa shape index (κ1) is 17.9. The molecule has 0 aromatic heterocycles. The van der Waals surface area contributed by atoms with Crippen LogP contribution in [0.5, 0.6) is 5.75 Å². The van der Waals surface area contributed by atoms with Gasteiger partial charge in [0.15, 0.2) is 0 Å². The number of nitrogens with zero attached hydrogens (tertiary/aromatic N) is 1. The number of hydrogen-bond donors (Lipinski definition) is 3. The van der Waals surface area contributed by atoms with Crippen molar-refractivity contribution >= 4 is 23.4 Å². The number of aliphatic hydroxyl groups excluding tert-OH is 1. The van der Waals surface area contributed by atoms with Gasteiger partial charge in [-0.05, 0) is 37.6 Å². The van der Waals surface area contributed by atoms with Crippen molar-refractivity contribution in [1.29, 1.82) is 0 Å². The van der Waals surface area contributed by atoms with Crippen molar-refractivity contribution in [1.82, 2.24) is 10.9 Å². The summed E-state index contributed by atoms with van der Waals surface area (Å²) in [6, 6.07) is 5.86. The van der Waals surface area contributed by atoms with Gasteiger partial charge in [-0.1, -0.05) is 0 Å². The average molecular weight is 335 g/mol. The highest BCUT2D eigenvalue weighted by atomic mass is 16.5. The molecule has 1 atom stereocenters. The molecule has 0 spiro atoms. The maximum Gasteiger partial charge on any atom is 0.253 e. The van der Waals surface area contributed by atoms with E-state index in [4.69, 9.17) is 9.84 Å². The summed E-state index contributed by atoms with van der Waals surface area (Å²) in [5.41, 5.74) is 5.43. The number of hydrogen-bond acceptors (Lipinski definition) is 6. The van der Waals surface area contributed by atoms with Crippen molar-refractivity contribution in [2.45, 2.75) is 32.2 Å². The van der Waals surface area contributed by atoms with Crippen molar-refractivity contribution < 1.29 is 24.2 Å². The normalized spacial score (nSPS) is 17.2. The van der Waals surface area contributed by atoms with Crippen LogP contribution in [-0.2, 0) is 14.4 Å². The van der Waals surface area contributed by atoms with Crippen LogP contribution in [0.25, 0.3) is 0 Å². The molecule has 3 amide bonds. The average Bonchev–Trinajstić information content (AvgIpc) is 2.86. The molecule has 130 valence electrons. The molecule has 1 unspecified atom stereocenters. The summed E-state index contributed by atoms with van der Waals surface area (Å²) in [5.74, 6) is -0.451. The van der Waals surface area contributed by atoms with E-state index in [0.29, 0.717) is 24.5 Å². The van der Waals surface area contributed by atoms with E-state index in [1.54, 1.807) is 24.3 Å². The molecule has 1 fully saturated rings. The predicted octanol–water partition coefficient (Wildman–Crippen LogP) is 0.110. The number of carbonyl (C=O) groups excluding carboxylic acids is 3. The van der Waals surface area contributed by atoms with Gasteiger partial charge in [0.1, 0.15) is 11.8 Å². The minimum atomic E-state index is -0.804. The second-order valence-corrected chi connectivity index (χ2v) is 5.27. The molecule has 1 aromatic carbocycles. The Kier molecular flexibility index (Phi) is 6.28. The van der Waals surface area contributed by atoms with E-state index in [1.807, 2.05) is 6.92 Å². The minimum Gasteiger partial charge on any atom is -0.494 e. The molecular weight excluding hydrogens is 314 g/mol. The molecule has 1 heterocycles. The van der Waals surface area contributed by atoms with Gasteiger partial charge < -0.3 is 9.84 Å². The molecule has 1 aliphatic heterocycles. The second-order valence-electron chi connectivity index (χ2n) is 5.27. The minimum absolute atomic E-state index is 0.0354. The monoisotopic (exact) mass is 335 g/mol. The van der Waals surface area contributed by atoms with Crippen molar-refractivity contribution in [2.75, 3.05) is 18.1 Å². The summed E-state index contributed by atoms with van der Waals surface area (Å²) in [7, 11) is 0. The zero-order chi connectivity index (χ0) is 17.5. The van der Waals surface area contributed by atoms with Crippen LogP contribution in [0.4, 0.5) is 5.69 Å². The van der Waals surface area contributed by atoms with Crippen molar-refractivity contribution in [2.24, 2.45) is 0 Å². The highest BCUT2D eigenvalue weighted by Gasteiger charge is 2.39. The summed E-state index contributed by atoms with van der Waals surface area (Å²) in [6.45, 7) is 2.31. The van der Waals surface area contributed by atoms with Gasteiger partial charge in [-0.3, -0.25) is 19.8 Å². The van der Waals surface area contributed by atoms with E-state index < -0.39 is 11.9 Å². The van der Waals surface area contributed by atoms with Crippen LogP contribution in [0.2, 0.25) is 0 Å². The predicted molar refractivity (Wildman–Crippen MR) is 86.1 cm³/mol. The van der Waals surface area contributed by atoms with Crippen LogP contribution in [-0.4, -0.2) is 42.1 Å². The van der Waals surface area contributed by atoms with Crippen LogP contribution < -0.4 is 20.5 Å². The number of carbonyl (C=O) groups is 3. The third-order valence-electron chi connectivity index (χ3n) is 3.50. The summed E-state index contributed by atoms with van der Waals surface area (Å²) < 4.78 is 5.33. The second kappa shape index (κ2) is 8.42. The third-order valence-corrected chi connectivity index (χ3v) is 3.50. The number of amides is 3. The summed E-state index contributed by atoms with van der Waals surface area (Å²) in [5, 5.41) is 8.67. The molecular formula is C16H21N3O5. The lowest BCUT2D eigenvalue weighted by molar-refractivity contribution is -0.123. The topological polar surface area (TPSA) is 108 Å². The standard InChI is InChI=1S/C16H21N3O5/c1-2-24-12-7-5-11(6-8-12)19-15(22)10-13(16(19)23)17-18-14(21)4-3-9-20/h5-8,13,17,20H,2-4,9-10H2,1H3,(H,18,21). The Balaban J connectivity index is 1.96. The van der Waals surface area contributed by atoms with E-state index in [1.165, 1.54) is 0 Å². The smallest absolute Gasteiger partial charge is 0.253 e. The Morgan fingerprint density at radius 2 is 2.04 bits per heavy atom. The van der Waals surface area contributed by atoms with E-state index >= 15 is 0 Å². The van der Waals surface area contributed by atoms with Gasteiger partial charge >= 0.3 is 0 Å². The maximum absolute atomic E-state index is 12.4. The SMILES string of the molecule is CCOc1ccc(N2C(=O)CC(NNC(=O)CCCO)C2=O)cc1. The van der Waals surface area contributed by atoms with E-state index in [9.17, 15) is 14.4 Å². The van der Waals surface area contributed by atoms with E-state index in [2.05, 4.69) is 10.9 Å². The molecule has 2 rings (SSSR count). The Labute approximate surface area is 139 Å². The van der Waals surface area contributed by atoms with Crippen LogP contribution >= 0.6 is 0 Å². The van der Waals surface area contributed by atoms with Crippen LogP contribution in [0.1, 0.15) is 26.2 Å². The highest BCUT2D eigenvalue weighted by molar-refractivity contribution is 6.22. The fraction of sp³-hybridized carbons (Fsp3) is 0.438. The Hall–Kier alpha value is -2.45. The number of imide groups is 1. The number of aliphatic hydroxyl groups is 1. The molecule has 3 N–H and O–H groups in total. The van der Waals surface area contributed by atoms with Gasteiger partial charge in [-0.15, -0.1) is 0 Å². The quantitative estimate of drug-likeness (QED) is 0.460. The lowest BCUT2D eigenvalue weighted by atomic mass is 10.2. The van der Waals surface area contributed by atoms with Crippen molar-refractivity contribution in [3.8, 4) is 5.75 Å². The first-order valence-electron chi connectivity index (χ1n) is 7.81. The Morgan fingerprint density at radius 1 is 1.33 bits per heavy atom. The number of rotatable bonds is 8. The zero-order valence-electron chi connectivity index (χ0n) is 13.4. The molecule has 0 saturated carbocycles. The first-order valence-corrected chi connectivity index (χ1v) is 7.81. The van der Waals surface area contributed by atoms with Gasteiger partial charge in [0.25, 0.3) is 5.91 Å². The van der Waals surface area contributed by atoms with Crippen LogP contribution in [0.15, 0.2) is 24.3 Å². The molecule has 8 nitrogen and oxygen atoms in total. The van der Waals surface area contributed by atoms with Crippen molar-refractivity contribution in [3.63, 3.8) is 0 Å². The number of anilines is 1. The van der Waals surface area contributed by atoms with E-state index in [-0.39, 0.29) is 31.3 Å².